The van der Waals surface area contributed by atoms with Gasteiger partial charge >= 0.3 is 6.18 Å². The molecule has 1 heterocycles. The predicted octanol–water partition coefficient (Wildman–Crippen LogP) is 2.43. The lowest BCUT2D eigenvalue weighted by atomic mass is 9.94. The van der Waals surface area contributed by atoms with Crippen molar-refractivity contribution in [3.05, 3.63) is 35.4 Å². The van der Waals surface area contributed by atoms with Crippen LogP contribution in [0.25, 0.3) is 0 Å². The van der Waals surface area contributed by atoms with Gasteiger partial charge < -0.3 is 15.4 Å². The molecule has 3 rings (SSSR count). The quantitative estimate of drug-likeness (QED) is 0.676. The lowest BCUT2D eigenvalue weighted by molar-refractivity contribution is -0.161. The molecule has 0 saturated heterocycles. The van der Waals surface area contributed by atoms with E-state index in [4.69, 9.17) is 4.74 Å². The molecule has 2 atom stereocenters. The van der Waals surface area contributed by atoms with Gasteiger partial charge in [0.25, 0.3) is 0 Å². The smallest absolute Gasteiger partial charge is 0.367 e. The Kier molecular flexibility index (Phi) is 4.63. The maximum Gasteiger partial charge on any atom is 0.395 e. The molecule has 4 nitrogen and oxygen atoms in total. The molecular formula is C15H19F4N3O. The molecule has 1 fully saturated rings. The summed E-state index contributed by atoms with van der Waals surface area (Å²) < 4.78 is 57.4. The Hall–Kier alpha value is -1.54. The second-order valence-electron chi connectivity index (χ2n) is 5.98. The molecule has 0 aromatic rings. The van der Waals surface area contributed by atoms with Gasteiger partial charge in [-0.2, -0.15) is 13.2 Å². The van der Waals surface area contributed by atoms with Gasteiger partial charge in [-0.25, -0.2) is 4.39 Å². The fraction of sp³-hybridized carbons (Fsp3) is 0.600. The fourth-order valence-corrected chi connectivity index (χ4v) is 2.45. The number of hydrogen-bond donors (Lipinski definition) is 3. The molecule has 1 saturated carbocycles. The van der Waals surface area contributed by atoms with Crippen LogP contribution in [0.4, 0.5) is 17.6 Å². The zero-order valence-electron chi connectivity index (χ0n) is 12.4. The van der Waals surface area contributed by atoms with Gasteiger partial charge in [-0.05, 0) is 24.8 Å². The Bertz CT molecular complexity index is 537. The molecule has 0 aromatic heterocycles. The largest absolute Gasteiger partial charge is 0.395 e. The van der Waals surface area contributed by atoms with Crippen molar-refractivity contribution in [2.45, 2.75) is 37.8 Å². The first kappa shape index (κ1) is 16.3. The first-order valence-electron chi connectivity index (χ1n) is 7.61. The SMILES string of the molecule is FC1=C(NC2CC2)NC(OCC2=CC=CC(C(F)(F)F)C2)NC1. The van der Waals surface area contributed by atoms with Crippen LogP contribution in [-0.4, -0.2) is 31.7 Å². The third-order valence-corrected chi connectivity index (χ3v) is 3.93. The minimum absolute atomic E-state index is 0.0246. The molecule has 2 aliphatic carbocycles. The number of rotatable bonds is 5. The van der Waals surface area contributed by atoms with E-state index < -0.39 is 18.4 Å². The first-order chi connectivity index (χ1) is 10.9. The molecule has 0 aromatic carbocycles. The third-order valence-electron chi connectivity index (χ3n) is 3.93. The van der Waals surface area contributed by atoms with E-state index in [-0.39, 0.29) is 25.4 Å². The average Bonchev–Trinajstić information content (AvgIpc) is 3.31. The highest BCUT2D eigenvalue weighted by Crippen LogP contribution is 2.34. The molecule has 3 aliphatic rings. The lowest BCUT2D eigenvalue weighted by Crippen LogP contribution is -2.52. The van der Waals surface area contributed by atoms with E-state index in [1.807, 2.05) is 0 Å². The number of hydrogen-bond acceptors (Lipinski definition) is 4. The van der Waals surface area contributed by atoms with Crippen molar-refractivity contribution in [3.63, 3.8) is 0 Å². The van der Waals surface area contributed by atoms with Crippen LogP contribution < -0.4 is 16.0 Å². The normalized spacial score (nSPS) is 28.4. The van der Waals surface area contributed by atoms with Crippen LogP contribution in [0.5, 0.6) is 0 Å². The number of allylic oxidation sites excluding steroid dienone is 3. The molecule has 1 aliphatic heterocycles. The maximum absolute atomic E-state index is 13.7. The number of alkyl halides is 3. The van der Waals surface area contributed by atoms with Crippen molar-refractivity contribution < 1.29 is 22.3 Å². The van der Waals surface area contributed by atoms with Crippen LogP contribution in [-0.2, 0) is 4.74 Å². The predicted molar refractivity (Wildman–Crippen MR) is 76.6 cm³/mol. The van der Waals surface area contributed by atoms with Crippen molar-refractivity contribution in [1.82, 2.24) is 16.0 Å². The summed E-state index contributed by atoms with van der Waals surface area (Å²) in [5, 5.41) is 8.68. The van der Waals surface area contributed by atoms with Gasteiger partial charge in [0.15, 0.2) is 12.2 Å². The Morgan fingerprint density at radius 3 is 2.78 bits per heavy atom. The van der Waals surface area contributed by atoms with Crippen molar-refractivity contribution in [3.8, 4) is 0 Å². The van der Waals surface area contributed by atoms with Crippen LogP contribution in [0.15, 0.2) is 35.4 Å². The lowest BCUT2D eigenvalue weighted by Gasteiger charge is -2.29. The fourth-order valence-electron chi connectivity index (χ4n) is 2.45. The van der Waals surface area contributed by atoms with Gasteiger partial charge in [0.1, 0.15) is 5.82 Å². The van der Waals surface area contributed by atoms with Gasteiger partial charge in [-0.1, -0.05) is 18.2 Å². The summed E-state index contributed by atoms with van der Waals surface area (Å²) in [5.74, 6) is -1.49. The highest BCUT2D eigenvalue weighted by molar-refractivity contribution is 5.21. The third kappa shape index (κ3) is 4.48. The first-order valence-corrected chi connectivity index (χ1v) is 7.61. The zero-order valence-corrected chi connectivity index (χ0v) is 12.4. The van der Waals surface area contributed by atoms with Gasteiger partial charge in [0, 0.05) is 6.04 Å². The molecule has 0 bridgehead atoms. The maximum atomic E-state index is 13.7. The second kappa shape index (κ2) is 6.52. The average molecular weight is 333 g/mol. The van der Waals surface area contributed by atoms with E-state index in [1.54, 1.807) is 6.08 Å². The summed E-state index contributed by atoms with van der Waals surface area (Å²) >= 11 is 0. The van der Waals surface area contributed by atoms with Crippen molar-refractivity contribution >= 4 is 0 Å². The molecule has 0 radical (unpaired) electrons. The highest BCUT2D eigenvalue weighted by Gasteiger charge is 2.38. The second-order valence-corrected chi connectivity index (χ2v) is 5.98. The topological polar surface area (TPSA) is 45.3 Å². The summed E-state index contributed by atoms with van der Waals surface area (Å²) in [5.41, 5.74) is 0.560. The van der Waals surface area contributed by atoms with E-state index in [0.29, 0.717) is 17.4 Å². The summed E-state index contributed by atoms with van der Waals surface area (Å²) in [6.45, 7) is 0.0801. The van der Waals surface area contributed by atoms with Crippen LogP contribution in [0, 0.1) is 5.92 Å². The molecule has 128 valence electrons. The molecule has 3 N–H and O–H groups in total. The van der Waals surface area contributed by atoms with E-state index in [0.717, 1.165) is 18.9 Å². The molecule has 0 amide bonds. The summed E-state index contributed by atoms with van der Waals surface area (Å²) in [7, 11) is 0. The van der Waals surface area contributed by atoms with Gasteiger partial charge in [-0.3, -0.25) is 5.32 Å². The van der Waals surface area contributed by atoms with Crippen LogP contribution in [0.3, 0.4) is 0 Å². The Morgan fingerprint density at radius 2 is 2.09 bits per heavy atom. The standard InChI is InChI=1S/C15H19F4N3O/c16-12-7-20-14(22-13(12)21-11-4-5-11)23-8-9-2-1-3-10(6-9)15(17,18)19/h1-3,10-11,14,20-22H,4-8H2. The number of nitrogens with one attached hydrogen (secondary N) is 3. The Morgan fingerprint density at radius 1 is 1.30 bits per heavy atom. The summed E-state index contributed by atoms with van der Waals surface area (Å²) in [4.78, 5) is 0. The zero-order chi connectivity index (χ0) is 16.4. The minimum atomic E-state index is -4.25. The van der Waals surface area contributed by atoms with Gasteiger partial charge in [-0.15, -0.1) is 0 Å². The Balaban J connectivity index is 1.49. The van der Waals surface area contributed by atoms with E-state index in [9.17, 15) is 17.6 Å². The van der Waals surface area contributed by atoms with E-state index >= 15 is 0 Å². The Labute approximate surface area is 131 Å². The monoisotopic (exact) mass is 333 g/mol. The van der Waals surface area contributed by atoms with Crippen molar-refractivity contribution in [2.24, 2.45) is 5.92 Å². The molecule has 8 heteroatoms. The molecule has 0 spiro atoms. The van der Waals surface area contributed by atoms with Gasteiger partial charge in [0.2, 0.25) is 0 Å². The van der Waals surface area contributed by atoms with E-state index in [1.165, 1.54) is 6.08 Å². The van der Waals surface area contributed by atoms with E-state index in [2.05, 4.69) is 16.0 Å². The van der Waals surface area contributed by atoms with Crippen LogP contribution >= 0.6 is 0 Å². The van der Waals surface area contributed by atoms with Crippen LogP contribution in [0.2, 0.25) is 0 Å². The van der Waals surface area contributed by atoms with Crippen molar-refractivity contribution in [2.75, 3.05) is 13.2 Å². The summed E-state index contributed by atoms with van der Waals surface area (Å²) in [6.07, 6.45) is 1.22. The molecule has 2 unspecified atom stereocenters. The number of halogens is 4. The summed E-state index contributed by atoms with van der Waals surface area (Å²) in [6, 6.07) is 0.292. The number of ether oxygens (including phenoxy) is 1. The van der Waals surface area contributed by atoms with Crippen molar-refractivity contribution in [1.29, 1.82) is 0 Å². The van der Waals surface area contributed by atoms with Gasteiger partial charge in [0.05, 0.1) is 19.1 Å². The van der Waals surface area contributed by atoms with Crippen LogP contribution in [0.1, 0.15) is 19.3 Å². The molecular weight excluding hydrogens is 314 g/mol. The highest BCUT2D eigenvalue weighted by atomic mass is 19.4. The molecule has 23 heavy (non-hydrogen) atoms. The minimum Gasteiger partial charge on any atom is -0.367 e.